The quantitative estimate of drug-likeness (QED) is 0.0228. The molecule has 4 aliphatic heterocycles. The number of carboxylic acid groups (broad SMARTS) is 1. The van der Waals surface area contributed by atoms with Gasteiger partial charge < -0.3 is 85.4 Å². The van der Waals surface area contributed by atoms with Gasteiger partial charge in [-0.05, 0) is 16.9 Å². The molecule has 5 rings (SSSR count). The van der Waals surface area contributed by atoms with Gasteiger partial charge in [-0.2, -0.15) is 0 Å². The van der Waals surface area contributed by atoms with Crippen LogP contribution in [0.2, 0.25) is 0 Å². The Morgan fingerprint density at radius 1 is 0.800 bits per heavy atom. The van der Waals surface area contributed by atoms with Crippen molar-refractivity contribution in [2.45, 2.75) is 128 Å². The number of fused-ring (bicyclic) bond motifs is 1. The van der Waals surface area contributed by atoms with Gasteiger partial charge in [0.2, 0.25) is 22.2 Å². The summed E-state index contributed by atoms with van der Waals surface area (Å²) in [6, 6.07) is -1.59. The third-order valence-corrected chi connectivity index (χ3v) is 10.6. The van der Waals surface area contributed by atoms with E-state index in [1.165, 1.54) is 9.58 Å². The van der Waals surface area contributed by atoms with Crippen molar-refractivity contribution in [2.24, 2.45) is 22.7 Å². The zero-order chi connectivity index (χ0) is 50.8. The fourth-order valence-corrected chi connectivity index (χ4v) is 7.51. The molecule has 4 unspecified atom stereocenters. The molecule has 0 bridgehead atoms. The average Bonchev–Trinajstić information content (AvgIpc) is 3.90. The predicted octanol–water partition coefficient (Wildman–Crippen LogP) is -13.4. The Labute approximate surface area is 472 Å². The van der Waals surface area contributed by atoms with E-state index in [9.17, 15) is 39.9 Å². The number of aromatic nitrogens is 3. The third kappa shape index (κ3) is 21.0. The number of carbonyl (C=O) groups excluding carboxylic acids is 3. The summed E-state index contributed by atoms with van der Waals surface area (Å²) < 4.78 is 104. The van der Waals surface area contributed by atoms with Crippen molar-refractivity contribution in [1.29, 1.82) is 0 Å². The molecule has 0 spiro atoms. The van der Waals surface area contributed by atoms with Gasteiger partial charge in [0.25, 0.3) is 0 Å². The van der Waals surface area contributed by atoms with Crippen LogP contribution in [0.4, 0.5) is 0 Å². The SMILES string of the molecule is O=S(=O)([O-])O.O=S(=O)=O.[CH2-]C1O[C@H](O[C@@H]2C(C(=O)[O-])O[C@@H](OCCOCCn3cc(COCCOCCN4C(=O)[C@@H]5[C@H](C4=O)[C@H](C(C)(C)C)O[C@@H]5C(C)(C)C)nn3)C(O)[C@H]2O)C([NH-])[C@@H](O)[C@@H]1O.[Na+].[Na+].[Na+]. The number of ether oxygens (including phenoxy) is 8. The Balaban J connectivity index is 0.00000364. The summed E-state index contributed by atoms with van der Waals surface area (Å²) in [6.07, 6.45) is -14.0. The summed E-state index contributed by atoms with van der Waals surface area (Å²) in [5.74, 6) is -3.23. The first-order chi connectivity index (χ1) is 30.9. The van der Waals surface area contributed by atoms with E-state index in [2.05, 4.69) is 17.2 Å². The van der Waals surface area contributed by atoms with E-state index in [4.69, 9.17) is 73.8 Å². The monoisotopic (exact) mass is 1070 g/mol. The average molecular weight is 1070 g/mol. The van der Waals surface area contributed by atoms with Gasteiger partial charge in [0, 0.05) is 0 Å². The molecule has 4 fully saturated rings. The second-order valence-corrected chi connectivity index (χ2v) is 19.0. The van der Waals surface area contributed by atoms with E-state index < -0.39 is 100 Å². The molecule has 5 heterocycles. The number of aliphatic hydroxyl groups excluding tert-OH is 4. The normalized spacial score (nSPS) is 30.9. The summed E-state index contributed by atoms with van der Waals surface area (Å²) in [5.41, 5.74) is 7.97. The number of carbonyl (C=O) groups is 3. The number of rotatable bonds is 18. The van der Waals surface area contributed by atoms with Crippen molar-refractivity contribution in [1.82, 2.24) is 19.9 Å². The van der Waals surface area contributed by atoms with E-state index in [1.54, 1.807) is 6.20 Å². The first-order valence-corrected chi connectivity index (χ1v) is 22.9. The second kappa shape index (κ2) is 31.1. The Morgan fingerprint density at radius 3 is 1.79 bits per heavy atom. The van der Waals surface area contributed by atoms with Gasteiger partial charge in [0.05, 0.1) is 108 Å². The molecule has 33 heteroatoms. The molecule has 0 saturated carbocycles. The molecule has 6 N–H and O–H groups in total. The molecular weight excluding hydrogens is 1020 g/mol. The van der Waals surface area contributed by atoms with Crippen LogP contribution in [0, 0.1) is 29.6 Å². The molecule has 0 aromatic carbocycles. The van der Waals surface area contributed by atoms with Crippen molar-refractivity contribution < 1.29 is 197 Å². The summed E-state index contributed by atoms with van der Waals surface area (Å²) in [5, 5.41) is 61.1. The maximum absolute atomic E-state index is 13.4. The van der Waals surface area contributed by atoms with Crippen molar-refractivity contribution in [3.8, 4) is 0 Å². The van der Waals surface area contributed by atoms with Crippen LogP contribution in [-0.2, 0) is 86.4 Å². The molecule has 4 aliphatic rings. The number of aliphatic carboxylic acids is 1. The van der Waals surface area contributed by atoms with Gasteiger partial charge in [0.15, 0.2) is 6.29 Å². The van der Waals surface area contributed by atoms with Gasteiger partial charge in [0.1, 0.15) is 36.4 Å². The van der Waals surface area contributed by atoms with E-state index in [0.29, 0.717) is 12.2 Å². The zero-order valence-electron chi connectivity index (χ0n) is 40.4. The molecule has 1 aromatic rings. The number of likely N-dealkylation sites (tertiary alicyclic amines) is 1. The van der Waals surface area contributed by atoms with Crippen LogP contribution in [0.25, 0.3) is 5.73 Å². The molecule has 1 aromatic heterocycles. The van der Waals surface area contributed by atoms with E-state index in [1.807, 2.05) is 41.5 Å². The van der Waals surface area contributed by atoms with Gasteiger partial charge in [-0.3, -0.25) is 19.0 Å². The fourth-order valence-electron chi connectivity index (χ4n) is 7.51. The smallest absolute Gasteiger partial charge is 0.726 e. The Bertz CT molecular complexity index is 1960. The van der Waals surface area contributed by atoms with Crippen LogP contribution < -0.4 is 93.8 Å². The molecule has 0 radical (unpaired) electrons. The van der Waals surface area contributed by atoms with Crippen LogP contribution in [0.1, 0.15) is 47.2 Å². The first kappa shape index (κ1) is 69.7. The summed E-state index contributed by atoms with van der Waals surface area (Å²) in [4.78, 5) is 40.0. The molecule has 28 nitrogen and oxygen atoms in total. The largest absolute Gasteiger partial charge is 1.00 e. The standard InChI is InChI=1S/C37H59N5O16.3Na.H2O4S.O3S/c1-18-23(43)24(44)22(38)34(55-18)56-27-25(45)26(46)35(57-28(27)33(49)50)54-15-14-51-10-8-41-16-19(39-40-41)17-53-13-12-52-11-9-42-31(47)20-21(32(42)48)30(37(5,6)7)58-29(20)36(2,3)4;;;;1-5(2,3)4;1-4(2)3/h16,18,20-30,34-35,38,43-46H,1,8-15,17H2,2-7H3,(H,49,50);;;;(H2,1,2,3,4);/q-2;3*+1;;/p-2/t18?,20-,21+,22?,23-,24-,25-,26?,27+,28?,29+,30-,34-,35-;;;;;/m1...../s1. The number of hydrogen-bond donors (Lipinski definition) is 5. The van der Waals surface area contributed by atoms with Crippen LogP contribution in [0.15, 0.2) is 6.20 Å². The Kier molecular flexibility index (Phi) is 30.9. The number of nitrogens with zero attached hydrogens (tertiary/aromatic N) is 4. The van der Waals surface area contributed by atoms with Crippen LogP contribution in [-0.4, -0.2) is 208 Å². The molecule has 70 heavy (non-hydrogen) atoms. The fraction of sp³-hybridized carbons (Fsp3) is 0.838. The minimum absolute atomic E-state index is 0. The third-order valence-electron chi connectivity index (χ3n) is 10.6. The molecule has 14 atom stereocenters. The van der Waals surface area contributed by atoms with Crippen LogP contribution in [0.5, 0.6) is 0 Å². The number of nitrogens with one attached hydrogen (secondary N) is 1. The second-order valence-electron chi connectivity index (χ2n) is 17.7. The molecule has 386 valence electrons. The maximum atomic E-state index is 13.4. The molecular formula is C37H59N5Na3O23S2-. The predicted molar refractivity (Wildman–Crippen MR) is 215 cm³/mol. The van der Waals surface area contributed by atoms with Crippen molar-refractivity contribution >= 4 is 38.8 Å². The summed E-state index contributed by atoms with van der Waals surface area (Å²) in [7, 11) is -8.03. The number of hydrogen-bond acceptors (Lipinski definition) is 24. The summed E-state index contributed by atoms with van der Waals surface area (Å²) >= 11 is 0. The number of carboxylic acids is 1. The summed E-state index contributed by atoms with van der Waals surface area (Å²) in [6.45, 7) is 17.0. The van der Waals surface area contributed by atoms with E-state index in [0.717, 1.165) is 0 Å². The Morgan fingerprint density at radius 2 is 1.29 bits per heavy atom. The minimum atomic E-state index is -4.92. The van der Waals surface area contributed by atoms with Crippen molar-refractivity contribution in [2.75, 3.05) is 46.2 Å². The number of imide groups is 1. The first-order valence-electron chi connectivity index (χ1n) is 20.6. The van der Waals surface area contributed by atoms with E-state index >= 15 is 0 Å². The van der Waals surface area contributed by atoms with Gasteiger partial charge in [-0.15, -0.1) is 17.7 Å². The van der Waals surface area contributed by atoms with Crippen LogP contribution in [0.3, 0.4) is 0 Å². The zero-order valence-corrected chi connectivity index (χ0v) is 48.1. The van der Waals surface area contributed by atoms with E-state index in [-0.39, 0.29) is 176 Å². The topological polar surface area (TPSA) is 415 Å². The molecule has 2 amide bonds. The Hall–Kier alpha value is -0.280. The van der Waals surface area contributed by atoms with Gasteiger partial charge >= 0.3 is 99.3 Å². The van der Waals surface area contributed by atoms with Crippen molar-refractivity contribution in [3.63, 3.8) is 0 Å². The van der Waals surface area contributed by atoms with Crippen LogP contribution >= 0.6 is 0 Å². The minimum Gasteiger partial charge on any atom is -0.726 e. The molecule has 4 saturated heterocycles. The van der Waals surface area contributed by atoms with Crippen molar-refractivity contribution in [3.05, 3.63) is 24.5 Å². The number of aliphatic hydroxyl groups is 4. The van der Waals surface area contributed by atoms with Gasteiger partial charge in [-0.1, -0.05) is 52.8 Å². The maximum Gasteiger partial charge on any atom is 1.00 e. The molecule has 0 aliphatic carbocycles. The van der Waals surface area contributed by atoms with Gasteiger partial charge in [-0.25, -0.2) is 13.1 Å². The number of amides is 2.